The molecule has 2 nitrogen and oxygen atoms in total. The van der Waals surface area contributed by atoms with Crippen molar-refractivity contribution in [3.8, 4) is 0 Å². The molecule has 0 unspecified atom stereocenters. The Kier molecular flexibility index (Phi) is 16.1. The molecule has 0 spiro atoms. The third-order valence-electron chi connectivity index (χ3n) is 2.32. The van der Waals surface area contributed by atoms with Crippen LogP contribution in [-0.4, -0.2) is 0 Å². The van der Waals surface area contributed by atoms with Crippen LogP contribution in [0.4, 0.5) is 0 Å². The molecule has 0 aliphatic heterocycles. The maximum absolute atomic E-state index is 9.29. The topological polar surface area (TPSA) is 46.1 Å². The predicted molar refractivity (Wildman–Crippen MR) is 79.4 cm³/mol. The Morgan fingerprint density at radius 3 is 2.26 bits per heavy atom. The van der Waals surface area contributed by atoms with E-state index in [-0.39, 0.29) is 21.1 Å². The maximum Gasteiger partial charge on any atom is 4.00 e. The first kappa shape index (κ1) is 22.1. The van der Waals surface area contributed by atoms with Crippen molar-refractivity contribution in [2.45, 2.75) is 45.4 Å². The van der Waals surface area contributed by atoms with Crippen molar-refractivity contribution in [1.82, 2.24) is 0 Å². The summed E-state index contributed by atoms with van der Waals surface area (Å²) in [5, 5.41) is 0. The monoisotopic (exact) mass is 400 g/mol. The minimum Gasteiger partial charge on any atom is -0.850 e. The minimum absolute atomic E-state index is 0. The van der Waals surface area contributed by atoms with Gasteiger partial charge in [0.1, 0.15) is 0 Å². The van der Waals surface area contributed by atoms with Gasteiger partial charge in [-0.3, -0.25) is 0 Å². The van der Waals surface area contributed by atoms with E-state index >= 15 is 0 Å². The van der Waals surface area contributed by atoms with Crippen molar-refractivity contribution in [3.05, 3.63) is 35.9 Å². The number of aryl methyl sites for hydroxylation is 1. The van der Waals surface area contributed by atoms with E-state index in [4.69, 9.17) is 0 Å². The molecule has 0 bridgehead atoms. The van der Waals surface area contributed by atoms with Crippen LogP contribution in [-0.2, 0) is 51.5 Å². The van der Waals surface area contributed by atoms with E-state index in [1.807, 2.05) is 12.1 Å². The Morgan fingerprint density at radius 2 is 1.79 bits per heavy atom. The number of unbranched alkanes of at least 4 members (excludes halogenated alkanes) is 4. The zero-order valence-electron chi connectivity index (χ0n) is 11.0. The zero-order valence-corrected chi connectivity index (χ0v) is 15.6. The van der Waals surface area contributed by atoms with Crippen LogP contribution in [0, 0.1) is 6.07 Å². The molecule has 0 fully saturated rings. The molecule has 1 rings (SSSR count). The van der Waals surface area contributed by atoms with Crippen LogP contribution in [0.25, 0.3) is 0 Å². The van der Waals surface area contributed by atoms with Gasteiger partial charge in [-0.2, -0.15) is 47.7 Å². The minimum atomic E-state index is -3.72. The summed E-state index contributed by atoms with van der Waals surface area (Å²) in [6, 6.07) is 11.6. The van der Waals surface area contributed by atoms with Crippen LogP contribution in [0.3, 0.4) is 0 Å². The van der Waals surface area contributed by atoms with E-state index in [2.05, 4.69) is 49.2 Å². The SMILES string of the molecule is CCCCCCCc1[c-]cccc1.[Mo+4].[O-]P([O-])(=S)[S-]. The molecule has 0 aromatic heterocycles. The molecule has 0 atom stereocenters. The second kappa shape index (κ2) is 13.8. The zero-order chi connectivity index (χ0) is 13.9. The molecular weight excluding hydrogens is 379 g/mol. The van der Waals surface area contributed by atoms with Crippen molar-refractivity contribution >= 4 is 29.7 Å². The summed E-state index contributed by atoms with van der Waals surface area (Å²) in [5.41, 5.74) is -2.36. The number of benzene rings is 1. The van der Waals surface area contributed by atoms with E-state index in [1.54, 1.807) is 0 Å². The molecule has 6 heteroatoms. The molecule has 0 saturated carbocycles. The van der Waals surface area contributed by atoms with Crippen molar-refractivity contribution < 1.29 is 30.9 Å². The van der Waals surface area contributed by atoms with Gasteiger partial charge in [-0.15, -0.1) is 0 Å². The molecule has 1 aromatic carbocycles. The van der Waals surface area contributed by atoms with Gasteiger partial charge in [0.25, 0.3) is 0 Å². The summed E-state index contributed by atoms with van der Waals surface area (Å²) in [4.78, 5) is 18.6. The summed E-state index contributed by atoms with van der Waals surface area (Å²) < 4.78 is 0. The van der Waals surface area contributed by atoms with Gasteiger partial charge in [-0.1, -0.05) is 45.4 Å². The summed E-state index contributed by atoms with van der Waals surface area (Å²) in [7, 11) is 0. The molecule has 0 saturated heterocycles. The standard InChI is InChI=1S/C13H19.Mo.H3O2PS2/c1-2-3-4-5-7-10-13-11-8-6-9-12-13;;1-3(2,4)5/h6,8-9,11H,2-5,7,10H2,1H3;;(H3,1,2,4,5)/q-1;+4;/p-3. The van der Waals surface area contributed by atoms with Crippen molar-refractivity contribution in [2.24, 2.45) is 0 Å². The van der Waals surface area contributed by atoms with Crippen LogP contribution < -0.4 is 9.79 Å². The summed E-state index contributed by atoms with van der Waals surface area (Å²) in [6.45, 7) is 2.25. The summed E-state index contributed by atoms with van der Waals surface area (Å²) >= 11 is 7.28. The van der Waals surface area contributed by atoms with Crippen LogP contribution in [0.15, 0.2) is 24.3 Å². The van der Waals surface area contributed by atoms with E-state index < -0.39 is 5.69 Å². The number of hydrogen-bond donors (Lipinski definition) is 0. The van der Waals surface area contributed by atoms with Crippen molar-refractivity contribution in [3.63, 3.8) is 0 Å². The molecule has 0 N–H and O–H groups in total. The van der Waals surface area contributed by atoms with E-state index in [0.29, 0.717) is 0 Å². The van der Waals surface area contributed by atoms with Crippen molar-refractivity contribution in [2.75, 3.05) is 0 Å². The van der Waals surface area contributed by atoms with Crippen LogP contribution >= 0.6 is 5.69 Å². The fourth-order valence-corrected chi connectivity index (χ4v) is 1.51. The van der Waals surface area contributed by atoms with Gasteiger partial charge < -0.3 is 27.7 Å². The Hall–Kier alpha value is 0.828. The molecule has 0 aliphatic carbocycles. The molecule has 19 heavy (non-hydrogen) atoms. The summed E-state index contributed by atoms with van der Waals surface area (Å²) in [6.07, 6.45) is 8.00. The molecule has 0 radical (unpaired) electrons. The first-order chi connectivity index (χ1) is 8.43. The normalized spacial score (nSPS) is 10.1. The van der Waals surface area contributed by atoms with Gasteiger partial charge in [0, 0.05) is 0 Å². The molecule has 0 aliphatic rings. The number of hydrogen-bond acceptors (Lipinski definition) is 4. The van der Waals surface area contributed by atoms with Crippen LogP contribution in [0.2, 0.25) is 0 Å². The molecule has 106 valence electrons. The first-order valence-corrected chi connectivity index (χ1v) is 9.77. The van der Waals surface area contributed by atoms with Gasteiger partial charge in [0.2, 0.25) is 0 Å². The van der Waals surface area contributed by atoms with E-state index in [0.717, 1.165) is 0 Å². The van der Waals surface area contributed by atoms with Gasteiger partial charge in [0.05, 0.1) is 0 Å². The Bertz CT molecular complexity index is 335. The second-order valence-electron chi connectivity index (χ2n) is 4.00. The smallest absolute Gasteiger partial charge is 0.850 e. The maximum atomic E-state index is 9.29. The van der Waals surface area contributed by atoms with Crippen LogP contribution in [0.1, 0.15) is 44.6 Å². The largest absolute Gasteiger partial charge is 4.00 e. The van der Waals surface area contributed by atoms with Crippen LogP contribution in [0.5, 0.6) is 0 Å². The molecule has 1 aromatic rings. The third-order valence-corrected chi connectivity index (χ3v) is 2.32. The van der Waals surface area contributed by atoms with Gasteiger partial charge in [0.15, 0.2) is 0 Å². The fourth-order valence-electron chi connectivity index (χ4n) is 1.51. The van der Waals surface area contributed by atoms with E-state index in [9.17, 15) is 9.79 Å². The average molecular weight is 398 g/mol. The predicted octanol–water partition coefficient (Wildman–Crippen LogP) is 2.48. The fraction of sp³-hybridized carbons (Fsp3) is 0.538. The Labute approximate surface area is 141 Å². The first-order valence-electron chi connectivity index (χ1n) is 6.12. The average Bonchev–Trinajstić information content (AvgIpc) is 2.28. The molecular formula is C13H19MoO2PS2. The van der Waals surface area contributed by atoms with Crippen molar-refractivity contribution in [1.29, 1.82) is 0 Å². The number of rotatable bonds is 6. The summed E-state index contributed by atoms with van der Waals surface area (Å²) in [5.74, 6) is 0. The van der Waals surface area contributed by atoms with Gasteiger partial charge in [-0.25, -0.2) is 0 Å². The Morgan fingerprint density at radius 1 is 1.21 bits per heavy atom. The van der Waals surface area contributed by atoms with Gasteiger partial charge >= 0.3 is 21.1 Å². The van der Waals surface area contributed by atoms with E-state index in [1.165, 1.54) is 44.1 Å². The third kappa shape index (κ3) is 21.3. The molecule has 0 amide bonds. The molecule has 0 heterocycles. The Balaban J connectivity index is 0. The second-order valence-corrected chi connectivity index (χ2v) is 8.47. The van der Waals surface area contributed by atoms with Gasteiger partial charge in [-0.05, 0) is 0 Å². The quantitative estimate of drug-likeness (QED) is 0.243.